The van der Waals surface area contributed by atoms with Gasteiger partial charge in [0.2, 0.25) is 0 Å². The number of benzene rings is 2. The molecule has 0 spiro atoms. The maximum atomic E-state index is 8.86. The highest BCUT2D eigenvalue weighted by molar-refractivity contribution is 9.10. The zero-order chi connectivity index (χ0) is 13.0. The Bertz CT molecular complexity index is 605. The molecule has 2 aromatic carbocycles. The molecule has 90 valence electrons. The topological polar surface area (TPSA) is 45.0 Å². The number of para-hydroxylation sites is 2. The number of hydrogen-bond donors (Lipinski definition) is 1. The molecule has 3 nitrogen and oxygen atoms in total. The van der Waals surface area contributed by atoms with Crippen LogP contribution in [0.25, 0.3) is 0 Å². The highest BCUT2D eigenvalue weighted by atomic mass is 79.9. The molecule has 18 heavy (non-hydrogen) atoms. The van der Waals surface area contributed by atoms with Crippen molar-refractivity contribution in [3.8, 4) is 11.8 Å². The van der Waals surface area contributed by atoms with E-state index in [2.05, 4.69) is 27.3 Å². The van der Waals surface area contributed by atoms with Crippen molar-refractivity contribution in [3.63, 3.8) is 0 Å². The number of halogens is 1. The third-order valence-corrected chi connectivity index (χ3v) is 3.13. The lowest BCUT2D eigenvalue weighted by Gasteiger charge is -2.11. The Morgan fingerprint density at radius 3 is 2.67 bits per heavy atom. The van der Waals surface area contributed by atoms with E-state index in [0.29, 0.717) is 5.56 Å². The van der Waals surface area contributed by atoms with E-state index in [1.165, 1.54) is 0 Å². The SMILES string of the molecule is COc1ccccc1Nc1ccc(C#N)c(Br)c1. The number of hydrogen-bond acceptors (Lipinski definition) is 3. The van der Waals surface area contributed by atoms with Gasteiger partial charge in [-0.05, 0) is 46.3 Å². The molecule has 0 fully saturated rings. The van der Waals surface area contributed by atoms with Crippen LogP contribution >= 0.6 is 15.9 Å². The van der Waals surface area contributed by atoms with E-state index >= 15 is 0 Å². The maximum absolute atomic E-state index is 8.86. The second-order valence-corrected chi connectivity index (χ2v) is 4.49. The predicted octanol–water partition coefficient (Wildman–Crippen LogP) is 4.07. The van der Waals surface area contributed by atoms with Crippen LogP contribution in [-0.4, -0.2) is 7.11 Å². The summed E-state index contributed by atoms with van der Waals surface area (Å²) in [6, 6.07) is 15.3. The van der Waals surface area contributed by atoms with Crippen molar-refractivity contribution in [2.75, 3.05) is 12.4 Å². The number of ether oxygens (including phenoxy) is 1. The van der Waals surface area contributed by atoms with Crippen molar-refractivity contribution in [3.05, 3.63) is 52.5 Å². The van der Waals surface area contributed by atoms with Gasteiger partial charge in [0, 0.05) is 10.2 Å². The summed E-state index contributed by atoms with van der Waals surface area (Å²) < 4.78 is 6.03. The summed E-state index contributed by atoms with van der Waals surface area (Å²) in [5.74, 6) is 0.776. The Balaban J connectivity index is 2.29. The molecule has 0 bridgehead atoms. The van der Waals surface area contributed by atoms with Gasteiger partial charge < -0.3 is 10.1 Å². The van der Waals surface area contributed by atoms with Gasteiger partial charge >= 0.3 is 0 Å². The second-order valence-electron chi connectivity index (χ2n) is 3.63. The summed E-state index contributed by atoms with van der Waals surface area (Å²) >= 11 is 3.36. The minimum Gasteiger partial charge on any atom is -0.495 e. The van der Waals surface area contributed by atoms with E-state index < -0.39 is 0 Å². The molecule has 0 unspecified atom stereocenters. The smallest absolute Gasteiger partial charge is 0.142 e. The first-order chi connectivity index (χ1) is 8.74. The number of nitriles is 1. The van der Waals surface area contributed by atoms with Gasteiger partial charge in [0.15, 0.2) is 0 Å². The van der Waals surface area contributed by atoms with Crippen LogP contribution in [0.3, 0.4) is 0 Å². The standard InChI is InChI=1S/C14H11BrN2O/c1-18-14-5-3-2-4-13(14)17-11-7-6-10(9-16)12(15)8-11/h2-8,17H,1H3. The first-order valence-corrected chi connectivity index (χ1v) is 6.13. The van der Waals surface area contributed by atoms with E-state index in [1.807, 2.05) is 36.4 Å². The molecule has 0 atom stereocenters. The molecule has 1 N–H and O–H groups in total. The maximum Gasteiger partial charge on any atom is 0.142 e. The number of anilines is 2. The third-order valence-electron chi connectivity index (χ3n) is 2.48. The van der Waals surface area contributed by atoms with Crippen molar-refractivity contribution in [1.82, 2.24) is 0 Å². The van der Waals surface area contributed by atoms with Gasteiger partial charge in [-0.25, -0.2) is 0 Å². The van der Waals surface area contributed by atoms with Crippen molar-refractivity contribution in [2.45, 2.75) is 0 Å². The van der Waals surface area contributed by atoms with Gasteiger partial charge in [-0.15, -0.1) is 0 Å². The van der Waals surface area contributed by atoms with Gasteiger partial charge in [0.1, 0.15) is 11.8 Å². The number of nitrogens with zero attached hydrogens (tertiary/aromatic N) is 1. The van der Waals surface area contributed by atoms with Crippen LogP contribution < -0.4 is 10.1 Å². The minimum atomic E-state index is 0.612. The first-order valence-electron chi connectivity index (χ1n) is 5.34. The van der Waals surface area contributed by atoms with Crippen molar-refractivity contribution in [1.29, 1.82) is 5.26 Å². The van der Waals surface area contributed by atoms with Gasteiger partial charge in [-0.3, -0.25) is 0 Å². The molecule has 0 aromatic heterocycles. The summed E-state index contributed by atoms with van der Waals surface area (Å²) in [6.45, 7) is 0. The second kappa shape index (κ2) is 5.56. The van der Waals surface area contributed by atoms with Gasteiger partial charge in [0.25, 0.3) is 0 Å². The predicted molar refractivity (Wildman–Crippen MR) is 75.1 cm³/mol. The number of methoxy groups -OCH3 is 1. The molecule has 4 heteroatoms. The van der Waals surface area contributed by atoms with Crippen LogP contribution in [0.2, 0.25) is 0 Å². The van der Waals surface area contributed by atoms with E-state index in [0.717, 1.165) is 21.6 Å². The molecule has 0 heterocycles. The van der Waals surface area contributed by atoms with Crippen LogP contribution in [0.5, 0.6) is 5.75 Å². The molecule has 0 aliphatic carbocycles. The molecule has 0 amide bonds. The molecule has 0 saturated carbocycles. The Morgan fingerprint density at radius 1 is 1.22 bits per heavy atom. The lowest BCUT2D eigenvalue weighted by Crippen LogP contribution is -1.94. The molecule has 0 saturated heterocycles. The number of nitrogens with one attached hydrogen (secondary N) is 1. The first kappa shape index (κ1) is 12.5. The summed E-state index contributed by atoms with van der Waals surface area (Å²) in [5, 5.41) is 12.1. The molecular weight excluding hydrogens is 292 g/mol. The highest BCUT2D eigenvalue weighted by Gasteiger charge is 2.04. The van der Waals surface area contributed by atoms with Gasteiger partial charge in [0.05, 0.1) is 18.4 Å². The Kier molecular flexibility index (Phi) is 3.85. The zero-order valence-corrected chi connectivity index (χ0v) is 11.4. The van der Waals surface area contributed by atoms with Crippen molar-refractivity contribution < 1.29 is 4.74 Å². The van der Waals surface area contributed by atoms with Crippen LogP contribution in [-0.2, 0) is 0 Å². The normalized spacial score (nSPS) is 9.61. The van der Waals surface area contributed by atoms with Crippen LogP contribution in [0.15, 0.2) is 46.9 Å². The van der Waals surface area contributed by atoms with E-state index in [-0.39, 0.29) is 0 Å². The quantitative estimate of drug-likeness (QED) is 0.929. The van der Waals surface area contributed by atoms with Crippen LogP contribution in [0.4, 0.5) is 11.4 Å². The fourth-order valence-corrected chi connectivity index (χ4v) is 2.05. The summed E-state index contributed by atoms with van der Waals surface area (Å²) in [7, 11) is 1.63. The Labute approximate surface area is 114 Å². The highest BCUT2D eigenvalue weighted by Crippen LogP contribution is 2.29. The Hall–Kier alpha value is -1.99. The molecule has 0 radical (unpaired) electrons. The van der Waals surface area contributed by atoms with Crippen molar-refractivity contribution >= 4 is 27.3 Å². The lowest BCUT2D eigenvalue weighted by molar-refractivity contribution is 0.417. The summed E-state index contributed by atoms with van der Waals surface area (Å²) in [4.78, 5) is 0. The number of rotatable bonds is 3. The average Bonchev–Trinajstić information content (AvgIpc) is 2.39. The molecule has 2 aromatic rings. The Morgan fingerprint density at radius 2 is 2.00 bits per heavy atom. The minimum absolute atomic E-state index is 0.612. The van der Waals surface area contributed by atoms with Gasteiger partial charge in [-0.2, -0.15) is 5.26 Å². The summed E-state index contributed by atoms with van der Waals surface area (Å²) in [6.07, 6.45) is 0. The third kappa shape index (κ3) is 2.63. The fourth-order valence-electron chi connectivity index (χ4n) is 1.59. The largest absolute Gasteiger partial charge is 0.495 e. The van der Waals surface area contributed by atoms with Crippen molar-refractivity contribution in [2.24, 2.45) is 0 Å². The van der Waals surface area contributed by atoms with Gasteiger partial charge in [-0.1, -0.05) is 12.1 Å². The zero-order valence-electron chi connectivity index (χ0n) is 9.77. The average molecular weight is 303 g/mol. The molecule has 0 aliphatic heterocycles. The summed E-state index contributed by atoms with van der Waals surface area (Å²) in [5.41, 5.74) is 2.39. The fraction of sp³-hybridized carbons (Fsp3) is 0.0714. The monoisotopic (exact) mass is 302 g/mol. The van der Waals surface area contributed by atoms with Crippen LogP contribution in [0.1, 0.15) is 5.56 Å². The van der Waals surface area contributed by atoms with E-state index in [4.69, 9.17) is 10.00 Å². The van der Waals surface area contributed by atoms with E-state index in [9.17, 15) is 0 Å². The van der Waals surface area contributed by atoms with E-state index in [1.54, 1.807) is 13.2 Å². The molecular formula is C14H11BrN2O. The molecule has 2 rings (SSSR count). The van der Waals surface area contributed by atoms with Crippen LogP contribution in [0, 0.1) is 11.3 Å². The molecule has 0 aliphatic rings. The lowest BCUT2D eigenvalue weighted by atomic mass is 10.2.